The molecule has 6 heteroatoms. The molecule has 1 aliphatic rings. The van der Waals surface area contributed by atoms with E-state index in [9.17, 15) is 4.79 Å². The van der Waals surface area contributed by atoms with E-state index in [2.05, 4.69) is 90.2 Å². The van der Waals surface area contributed by atoms with Crippen molar-refractivity contribution >= 4 is 22.4 Å². The third-order valence-corrected chi connectivity index (χ3v) is 7.08. The first kappa shape index (κ1) is 22.2. The molecule has 0 unspecified atom stereocenters. The summed E-state index contributed by atoms with van der Waals surface area (Å²) in [5.41, 5.74) is 12.8. The van der Waals surface area contributed by atoms with Crippen LogP contribution in [0.4, 0.5) is 0 Å². The van der Waals surface area contributed by atoms with Crippen LogP contribution in [0.25, 0.3) is 22.2 Å². The molecule has 2 N–H and O–H groups in total. The minimum atomic E-state index is -0.518. The fourth-order valence-corrected chi connectivity index (χ4v) is 4.72. The van der Waals surface area contributed by atoms with Gasteiger partial charge in [0.05, 0.1) is 5.69 Å². The fraction of sp³-hybridized carbons (Fsp3) is 0.286. The number of aromatic nitrogens is 3. The third-order valence-electron chi connectivity index (χ3n) is 7.08. The molecule has 6 nitrogen and oxygen atoms in total. The van der Waals surface area contributed by atoms with Crippen LogP contribution in [0.1, 0.15) is 47.6 Å². The van der Waals surface area contributed by atoms with E-state index < -0.39 is 5.91 Å². The van der Waals surface area contributed by atoms with E-state index in [1.54, 1.807) is 10.7 Å². The minimum absolute atomic E-state index is 0.182. The topological polar surface area (TPSA) is 69.1 Å². The van der Waals surface area contributed by atoms with Crippen LogP contribution in [0, 0.1) is 6.92 Å². The Hall–Kier alpha value is -3.64. The van der Waals surface area contributed by atoms with Crippen molar-refractivity contribution in [3.63, 3.8) is 0 Å². The van der Waals surface area contributed by atoms with Gasteiger partial charge in [-0.25, -0.2) is 4.68 Å². The van der Waals surface area contributed by atoms with E-state index in [0.717, 1.165) is 41.8 Å². The number of nitrogens with two attached hydrogens (primary N) is 1. The second-order valence-corrected chi connectivity index (χ2v) is 9.93. The molecule has 3 heterocycles. The maximum Gasteiger partial charge on any atom is 0.269 e. The molecule has 0 saturated heterocycles. The maximum atomic E-state index is 11.5. The van der Waals surface area contributed by atoms with Crippen molar-refractivity contribution in [1.82, 2.24) is 19.2 Å². The number of benzene rings is 2. The van der Waals surface area contributed by atoms with E-state index in [1.165, 1.54) is 16.7 Å². The van der Waals surface area contributed by atoms with E-state index in [1.807, 2.05) is 13.0 Å². The van der Waals surface area contributed by atoms with Gasteiger partial charge in [-0.3, -0.25) is 9.69 Å². The van der Waals surface area contributed by atoms with Crippen molar-refractivity contribution in [2.45, 2.75) is 39.3 Å². The summed E-state index contributed by atoms with van der Waals surface area (Å²) < 4.78 is 4.02. The first-order valence-corrected chi connectivity index (χ1v) is 11.7. The van der Waals surface area contributed by atoms with Crippen molar-refractivity contribution in [2.75, 3.05) is 13.6 Å². The van der Waals surface area contributed by atoms with E-state index in [-0.39, 0.29) is 11.2 Å². The van der Waals surface area contributed by atoms with Gasteiger partial charge in [0.25, 0.3) is 5.91 Å². The highest BCUT2D eigenvalue weighted by Crippen LogP contribution is 2.32. The average Bonchev–Trinajstić information content (AvgIpc) is 3.39. The van der Waals surface area contributed by atoms with Crippen LogP contribution in [-0.4, -0.2) is 44.3 Å². The maximum absolute atomic E-state index is 11.5. The van der Waals surface area contributed by atoms with Crippen LogP contribution in [0.15, 0.2) is 66.9 Å². The van der Waals surface area contributed by atoms with Crippen LogP contribution >= 0.6 is 0 Å². The standard InChI is InChI=1S/C28H31N5O/c1-19-15-25(27(29)34)30-33(19)24-9-10-26-22(16-24)12-14-32(26)18-20-5-7-21(8-6-20)23-11-13-31(4)28(2,3)17-23/h5-12,14-16H,13,17-18H2,1-4H3,(H2,29,34). The van der Waals surface area contributed by atoms with Gasteiger partial charge < -0.3 is 10.3 Å². The summed E-state index contributed by atoms with van der Waals surface area (Å²) in [5.74, 6) is -0.518. The van der Waals surface area contributed by atoms with Crippen molar-refractivity contribution in [3.8, 4) is 5.69 Å². The molecule has 0 fully saturated rings. The molecule has 4 aromatic rings. The molecule has 2 aromatic heterocycles. The second-order valence-electron chi connectivity index (χ2n) is 9.93. The molecule has 2 aromatic carbocycles. The Morgan fingerprint density at radius 1 is 1.09 bits per heavy atom. The zero-order valence-electron chi connectivity index (χ0n) is 20.2. The number of carbonyl (C=O) groups excluding carboxylic acids is 1. The number of likely N-dealkylation sites (N-methyl/N-ethyl adjacent to an activating group) is 1. The fourth-order valence-electron chi connectivity index (χ4n) is 4.72. The van der Waals surface area contributed by atoms with E-state index in [0.29, 0.717) is 0 Å². The lowest BCUT2D eigenvalue weighted by atomic mass is 9.86. The number of primary amides is 1. The van der Waals surface area contributed by atoms with Gasteiger partial charge in [0, 0.05) is 41.4 Å². The Morgan fingerprint density at radius 3 is 2.53 bits per heavy atom. The van der Waals surface area contributed by atoms with Gasteiger partial charge in [-0.15, -0.1) is 0 Å². The lowest BCUT2D eigenvalue weighted by Gasteiger charge is -2.39. The quantitative estimate of drug-likeness (QED) is 0.473. The molecule has 5 rings (SSSR count). The van der Waals surface area contributed by atoms with Gasteiger partial charge in [-0.05, 0) is 81.3 Å². The zero-order chi connectivity index (χ0) is 24.0. The molecule has 0 atom stereocenters. The van der Waals surface area contributed by atoms with Gasteiger partial charge in [-0.1, -0.05) is 30.3 Å². The van der Waals surface area contributed by atoms with Gasteiger partial charge in [-0.2, -0.15) is 5.10 Å². The van der Waals surface area contributed by atoms with Gasteiger partial charge >= 0.3 is 0 Å². The SMILES string of the molecule is Cc1cc(C(N)=O)nn1-c1ccc2c(ccn2Cc2ccc(C3=CCN(C)C(C)(C)C3)cc2)c1. The Kier molecular flexibility index (Phi) is 5.41. The van der Waals surface area contributed by atoms with Crippen molar-refractivity contribution in [1.29, 1.82) is 0 Å². The van der Waals surface area contributed by atoms with Crippen molar-refractivity contribution in [3.05, 3.63) is 89.4 Å². The predicted molar refractivity (Wildman–Crippen MR) is 137 cm³/mol. The van der Waals surface area contributed by atoms with Crippen LogP contribution in [0.2, 0.25) is 0 Å². The summed E-state index contributed by atoms with van der Waals surface area (Å²) >= 11 is 0. The van der Waals surface area contributed by atoms with E-state index in [4.69, 9.17) is 5.73 Å². The number of hydrogen-bond donors (Lipinski definition) is 1. The summed E-state index contributed by atoms with van der Waals surface area (Å²) in [6, 6.07) is 19.0. The number of carbonyl (C=O) groups is 1. The highest BCUT2D eigenvalue weighted by Gasteiger charge is 2.28. The second kappa shape index (κ2) is 8.29. The summed E-state index contributed by atoms with van der Waals surface area (Å²) in [7, 11) is 2.19. The zero-order valence-corrected chi connectivity index (χ0v) is 20.2. The normalized spacial score (nSPS) is 16.1. The monoisotopic (exact) mass is 453 g/mol. The molecule has 0 saturated carbocycles. The number of rotatable bonds is 5. The Labute approximate surface area is 200 Å². The molecule has 0 radical (unpaired) electrons. The number of aryl methyl sites for hydroxylation is 1. The molecule has 0 spiro atoms. The predicted octanol–water partition coefficient (Wildman–Crippen LogP) is 4.78. The highest BCUT2D eigenvalue weighted by molar-refractivity contribution is 5.91. The largest absolute Gasteiger partial charge is 0.364 e. The van der Waals surface area contributed by atoms with Crippen LogP contribution in [0.3, 0.4) is 0 Å². The third kappa shape index (κ3) is 4.05. The van der Waals surface area contributed by atoms with Crippen molar-refractivity contribution < 1.29 is 4.79 Å². The Bertz CT molecular complexity index is 1400. The van der Waals surface area contributed by atoms with Crippen LogP contribution < -0.4 is 5.73 Å². The molecule has 174 valence electrons. The number of nitrogens with zero attached hydrogens (tertiary/aromatic N) is 4. The lowest BCUT2D eigenvalue weighted by molar-refractivity contribution is 0.0995. The molecule has 1 aliphatic heterocycles. The Balaban J connectivity index is 1.36. The average molecular weight is 454 g/mol. The molecular formula is C28H31N5O. The smallest absolute Gasteiger partial charge is 0.269 e. The molecule has 1 amide bonds. The van der Waals surface area contributed by atoms with Crippen LogP contribution in [0.5, 0.6) is 0 Å². The summed E-state index contributed by atoms with van der Waals surface area (Å²) in [5, 5.41) is 5.48. The Morgan fingerprint density at radius 2 is 1.85 bits per heavy atom. The molecule has 34 heavy (non-hydrogen) atoms. The highest BCUT2D eigenvalue weighted by atomic mass is 16.1. The number of fused-ring (bicyclic) bond motifs is 1. The van der Waals surface area contributed by atoms with Crippen LogP contribution in [-0.2, 0) is 6.54 Å². The molecular weight excluding hydrogens is 422 g/mol. The van der Waals surface area contributed by atoms with Gasteiger partial charge in [0.1, 0.15) is 0 Å². The molecule has 0 bridgehead atoms. The first-order chi connectivity index (χ1) is 16.2. The summed E-state index contributed by atoms with van der Waals surface area (Å²) in [4.78, 5) is 13.9. The lowest BCUT2D eigenvalue weighted by Crippen LogP contribution is -2.43. The summed E-state index contributed by atoms with van der Waals surface area (Å²) in [6.07, 6.45) is 5.53. The molecule has 0 aliphatic carbocycles. The number of amides is 1. The minimum Gasteiger partial charge on any atom is -0.364 e. The summed E-state index contributed by atoms with van der Waals surface area (Å²) in [6.45, 7) is 8.33. The van der Waals surface area contributed by atoms with Gasteiger partial charge in [0.15, 0.2) is 5.69 Å². The van der Waals surface area contributed by atoms with E-state index >= 15 is 0 Å². The van der Waals surface area contributed by atoms with Gasteiger partial charge in [0.2, 0.25) is 0 Å². The van der Waals surface area contributed by atoms with Crippen molar-refractivity contribution in [2.24, 2.45) is 5.73 Å². The number of hydrogen-bond acceptors (Lipinski definition) is 3. The first-order valence-electron chi connectivity index (χ1n) is 11.7.